The molecule has 1 fully saturated rings. The van der Waals surface area contributed by atoms with E-state index in [2.05, 4.69) is 27.8 Å². The Morgan fingerprint density at radius 2 is 2.10 bits per heavy atom. The van der Waals surface area contributed by atoms with Crippen LogP contribution in [-0.2, 0) is 11.2 Å². The number of nitrogens with one attached hydrogen (secondary N) is 1. The second-order valence-corrected chi connectivity index (χ2v) is 7.26. The van der Waals surface area contributed by atoms with Crippen molar-refractivity contribution in [3.05, 3.63) is 65.9 Å². The molecule has 8 heteroatoms. The van der Waals surface area contributed by atoms with Gasteiger partial charge in [0, 0.05) is 24.3 Å². The van der Waals surface area contributed by atoms with E-state index in [1.54, 1.807) is 13.3 Å². The zero-order valence-corrected chi connectivity index (χ0v) is 16.9. The van der Waals surface area contributed by atoms with Crippen LogP contribution in [0.4, 0.5) is 0 Å². The third-order valence-electron chi connectivity index (χ3n) is 5.40. The molecule has 1 aromatic heterocycles. The van der Waals surface area contributed by atoms with E-state index >= 15 is 0 Å². The van der Waals surface area contributed by atoms with Crippen LogP contribution in [-0.4, -0.2) is 35.9 Å². The Hall–Kier alpha value is -3.36. The predicted molar refractivity (Wildman–Crippen MR) is 116 cm³/mol. The lowest BCUT2D eigenvalue weighted by molar-refractivity contribution is 0.185. The second kappa shape index (κ2) is 8.98. The standard InChI is InChI=1S/C22H26N6O2/c1-29-21-7-4-17(13-18(21)12-15-9-11-30-14-15)20-8-10-25-28(20)19-5-2-16(3-6-19)22(26-23)27-24/h2-8,10,13,15H,9,11-12,14,23-24H2,1H3,(H,26,27). The van der Waals surface area contributed by atoms with Gasteiger partial charge in [0.15, 0.2) is 5.84 Å². The Labute approximate surface area is 175 Å². The average Bonchev–Trinajstić information content (AvgIpc) is 3.47. The molecule has 2 heterocycles. The number of hydrogen-bond acceptors (Lipinski definition) is 6. The van der Waals surface area contributed by atoms with Crippen LogP contribution in [0.25, 0.3) is 16.9 Å². The summed E-state index contributed by atoms with van der Waals surface area (Å²) in [5.41, 5.74) is 7.48. The van der Waals surface area contributed by atoms with Gasteiger partial charge in [-0.3, -0.25) is 0 Å². The van der Waals surface area contributed by atoms with Crippen molar-refractivity contribution in [1.82, 2.24) is 15.2 Å². The summed E-state index contributed by atoms with van der Waals surface area (Å²) in [5, 5.41) is 8.16. The molecule has 0 saturated carbocycles. The van der Waals surface area contributed by atoms with E-state index in [0.29, 0.717) is 11.8 Å². The summed E-state index contributed by atoms with van der Waals surface area (Å²) >= 11 is 0. The molecule has 0 amide bonds. The van der Waals surface area contributed by atoms with E-state index in [1.165, 1.54) is 5.56 Å². The molecule has 156 valence electrons. The summed E-state index contributed by atoms with van der Waals surface area (Å²) in [6.45, 7) is 1.65. The molecule has 0 bridgehead atoms. The minimum Gasteiger partial charge on any atom is -0.496 e. The van der Waals surface area contributed by atoms with Crippen LogP contribution in [0, 0.1) is 5.92 Å². The molecule has 2 aromatic carbocycles. The van der Waals surface area contributed by atoms with E-state index in [-0.39, 0.29) is 0 Å². The number of hydrazone groups is 1. The van der Waals surface area contributed by atoms with Crippen molar-refractivity contribution >= 4 is 5.84 Å². The molecule has 1 aliphatic heterocycles. The number of methoxy groups -OCH3 is 1. The number of amidine groups is 1. The van der Waals surface area contributed by atoms with E-state index in [9.17, 15) is 0 Å². The van der Waals surface area contributed by atoms with Crippen LogP contribution in [0.15, 0.2) is 59.8 Å². The number of hydrazine groups is 1. The zero-order chi connectivity index (χ0) is 20.9. The van der Waals surface area contributed by atoms with E-state index in [0.717, 1.165) is 54.3 Å². The molecule has 0 radical (unpaired) electrons. The lowest BCUT2D eigenvalue weighted by atomic mass is 9.96. The van der Waals surface area contributed by atoms with Gasteiger partial charge >= 0.3 is 0 Å². The number of hydrogen-bond donors (Lipinski definition) is 3. The molecule has 5 N–H and O–H groups in total. The predicted octanol–water partition coefficient (Wildman–Crippen LogP) is 2.21. The van der Waals surface area contributed by atoms with E-state index in [4.69, 9.17) is 21.2 Å². The maximum absolute atomic E-state index is 5.60. The molecule has 1 aliphatic rings. The highest BCUT2D eigenvalue weighted by Gasteiger charge is 2.19. The normalized spacial score (nSPS) is 16.6. The fourth-order valence-electron chi connectivity index (χ4n) is 3.84. The van der Waals surface area contributed by atoms with Crippen LogP contribution < -0.4 is 21.8 Å². The Morgan fingerprint density at radius 1 is 1.27 bits per heavy atom. The van der Waals surface area contributed by atoms with Crippen molar-refractivity contribution < 1.29 is 9.47 Å². The molecule has 1 unspecified atom stereocenters. The SMILES string of the molecule is COc1ccc(-c2ccnn2-c2ccc(/C(=N/N)NN)cc2)cc1CC1CCOC1. The van der Waals surface area contributed by atoms with Gasteiger partial charge in [-0.05, 0) is 72.9 Å². The highest BCUT2D eigenvalue weighted by Crippen LogP contribution is 2.31. The Kier molecular flexibility index (Phi) is 5.97. The summed E-state index contributed by atoms with van der Waals surface area (Å²) in [6.07, 6.45) is 3.82. The largest absolute Gasteiger partial charge is 0.496 e. The first-order valence-electron chi connectivity index (χ1n) is 9.88. The van der Waals surface area contributed by atoms with Gasteiger partial charge in [0.25, 0.3) is 0 Å². The monoisotopic (exact) mass is 406 g/mol. The van der Waals surface area contributed by atoms with Crippen LogP contribution in [0.2, 0.25) is 0 Å². The summed E-state index contributed by atoms with van der Waals surface area (Å²) in [6, 6.07) is 16.0. The van der Waals surface area contributed by atoms with E-state index < -0.39 is 0 Å². The van der Waals surface area contributed by atoms with Gasteiger partial charge in [-0.2, -0.15) is 10.2 Å². The van der Waals surface area contributed by atoms with Crippen LogP contribution >= 0.6 is 0 Å². The molecular formula is C22H26N6O2. The van der Waals surface area contributed by atoms with Gasteiger partial charge in [0.1, 0.15) is 5.75 Å². The third-order valence-corrected chi connectivity index (χ3v) is 5.40. The number of ether oxygens (including phenoxy) is 2. The second-order valence-electron chi connectivity index (χ2n) is 7.26. The fourth-order valence-corrected chi connectivity index (χ4v) is 3.84. The number of rotatable bonds is 6. The molecule has 0 spiro atoms. The van der Waals surface area contributed by atoms with Crippen LogP contribution in [0.5, 0.6) is 5.75 Å². The first-order chi connectivity index (χ1) is 14.7. The Bertz CT molecular complexity index is 1020. The zero-order valence-electron chi connectivity index (χ0n) is 16.9. The topological polar surface area (TPSA) is 113 Å². The molecule has 4 rings (SSSR count). The van der Waals surface area contributed by atoms with Gasteiger partial charge in [-0.25, -0.2) is 10.5 Å². The van der Waals surface area contributed by atoms with Gasteiger partial charge in [0.2, 0.25) is 0 Å². The summed E-state index contributed by atoms with van der Waals surface area (Å²) < 4.78 is 13.0. The van der Waals surface area contributed by atoms with Crippen molar-refractivity contribution in [2.45, 2.75) is 12.8 Å². The number of aromatic nitrogens is 2. The van der Waals surface area contributed by atoms with Crippen molar-refractivity contribution in [1.29, 1.82) is 0 Å². The molecule has 30 heavy (non-hydrogen) atoms. The highest BCUT2D eigenvalue weighted by molar-refractivity contribution is 5.98. The molecule has 1 saturated heterocycles. The smallest absolute Gasteiger partial charge is 0.166 e. The summed E-state index contributed by atoms with van der Waals surface area (Å²) in [5.74, 6) is 12.7. The first-order valence-corrected chi connectivity index (χ1v) is 9.88. The Morgan fingerprint density at radius 3 is 2.77 bits per heavy atom. The van der Waals surface area contributed by atoms with E-state index in [1.807, 2.05) is 41.1 Å². The fraction of sp³-hybridized carbons (Fsp3) is 0.273. The van der Waals surface area contributed by atoms with Crippen molar-refractivity contribution in [2.24, 2.45) is 22.7 Å². The van der Waals surface area contributed by atoms with Crippen molar-refractivity contribution in [3.63, 3.8) is 0 Å². The average molecular weight is 406 g/mol. The number of nitrogens with two attached hydrogens (primary N) is 2. The maximum Gasteiger partial charge on any atom is 0.166 e. The molecule has 0 aliphatic carbocycles. The minimum absolute atomic E-state index is 0.415. The molecule has 1 atom stereocenters. The molecule has 3 aromatic rings. The first kappa shape index (κ1) is 19.9. The lowest BCUT2D eigenvalue weighted by Crippen LogP contribution is -2.32. The van der Waals surface area contributed by atoms with Gasteiger partial charge in [-0.1, -0.05) is 0 Å². The van der Waals surface area contributed by atoms with Gasteiger partial charge in [0.05, 0.1) is 24.7 Å². The number of benzene rings is 2. The summed E-state index contributed by atoms with van der Waals surface area (Å²) in [7, 11) is 1.71. The van der Waals surface area contributed by atoms with Crippen LogP contribution in [0.3, 0.4) is 0 Å². The molecular weight excluding hydrogens is 380 g/mol. The maximum atomic E-state index is 5.60. The van der Waals surface area contributed by atoms with Gasteiger partial charge < -0.3 is 20.7 Å². The third kappa shape index (κ3) is 4.00. The van der Waals surface area contributed by atoms with Gasteiger partial charge in [-0.15, -0.1) is 0 Å². The minimum atomic E-state index is 0.415. The Balaban J connectivity index is 1.65. The lowest BCUT2D eigenvalue weighted by Gasteiger charge is -2.15. The number of nitrogens with zero attached hydrogens (tertiary/aromatic N) is 3. The van der Waals surface area contributed by atoms with Crippen LogP contribution in [0.1, 0.15) is 17.5 Å². The quantitative estimate of drug-likeness (QED) is 0.250. The molecule has 8 nitrogen and oxygen atoms in total. The summed E-state index contributed by atoms with van der Waals surface area (Å²) in [4.78, 5) is 0. The highest BCUT2D eigenvalue weighted by atomic mass is 16.5. The van der Waals surface area contributed by atoms with Crippen molar-refractivity contribution in [2.75, 3.05) is 20.3 Å². The van der Waals surface area contributed by atoms with Crippen molar-refractivity contribution in [3.8, 4) is 22.7 Å².